The molecule has 40 heavy (non-hydrogen) atoms. The van der Waals surface area contributed by atoms with Crippen LogP contribution in [0.3, 0.4) is 0 Å². The van der Waals surface area contributed by atoms with E-state index in [9.17, 15) is 18.4 Å². The SMILES string of the molecule is CC(/C=C/C(C)=C/C1Cc2nc(cs2)CCC(NS(=O)[O-])CC(=O)OCC/C(C)=C/C=C\C(=O)O1)=C\CN(C)C. The van der Waals surface area contributed by atoms with E-state index >= 15 is 0 Å². The fraction of sp³-hybridized carbons (Fsp3) is 0.483. The summed E-state index contributed by atoms with van der Waals surface area (Å²) in [6.45, 7) is 6.88. The molecule has 3 atom stereocenters. The van der Waals surface area contributed by atoms with E-state index in [0.29, 0.717) is 25.7 Å². The first kappa shape index (κ1) is 33.5. The third kappa shape index (κ3) is 14.6. The molecule has 0 spiro atoms. The van der Waals surface area contributed by atoms with Gasteiger partial charge in [-0.05, 0) is 53.8 Å². The Kier molecular flexibility index (Phi) is 15.0. The number of ether oxygens (including phenoxy) is 2. The van der Waals surface area contributed by atoms with E-state index in [0.717, 1.165) is 34.0 Å². The molecule has 0 saturated heterocycles. The van der Waals surface area contributed by atoms with Gasteiger partial charge in [-0.1, -0.05) is 47.1 Å². The van der Waals surface area contributed by atoms with Crippen LogP contribution in [0, 0.1) is 0 Å². The van der Waals surface area contributed by atoms with Crippen LogP contribution < -0.4 is 4.72 Å². The van der Waals surface area contributed by atoms with E-state index in [4.69, 9.17) is 9.47 Å². The highest BCUT2D eigenvalue weighted by atomic mass is 32.2. The second-order valence-corrected chi connectivity index (χ2v) is 11.6. The second kappa shape index (κ2) is 17.9. The van der Waals surface area contributed by atoms with Crippen molar-refractivity contribution < 1.29 is 27.8 Å². The molecular formula is C29H40N3O6S2-. The predicted octanol–water partition coefficient (Wildman–Crippen LogP) is 4.13. The fourth-order valence-corrected chi connectivity index (χ4v) is 5.03. The number of allylic oxidation sites excluding steroid dienone is 6. The average molecular weight is 591 g/mol. The number of likely N-dealkylation sites (N-methyl/N-ethyl adjacent to an activating group) is 1. The van der Waals surface area contributed by atoms with Gasteiger partial charge in [-0.25, -0.2) is 14.5 Å². The van der Waals surface area contributed by atoms with Gasteiger partial charge in [-0.15, -0.1) is 11.3 Å². The van der Waals surface area contributed by atoms with Crippen LogP contribution in [-0.4, -0.2) is 70.0 Å². The number of carbonyl (C=O) groups is 2. The van der Waals surface area contributed by atoms with E-state index in [1.54, 1.807) is 12.2 Å². The molecule has 1 aliphatic heterocycles. The van der Waals surface area contributed by atoms with Gasteiger partial charge in [-0.3, -0.25) is 9.00 Å². The molecule has 0 saturated carbocycles. The van der Waals surface area contributed by atoms with E-state index < -0.39 is 35.4 Å². The van der Waals surface area contributed by atoms with Crippen molar-refractivity contribution in [1.82, 2.24) is 14.6 Å². The van der Waals surface area contributed by atoms with Gasteiger partial charge < -0.3 is 18.9 Å². The van der Waals surface area contributed by atoms with Crippen molar-refractivity contribution in [3.05, 3.63) is 75.3 Å². The molecule has 1 aromatic rings. The van der Waals surface area contributed by atoms with Crippen LogP contribution in [0.15, 0.2) is 64.6 Å². The molecule has 1 aliphatic rings. The van der Waals surface area contributed by atoms with E-state index in [1.807, 2.05) is 58.5 Å². The second-order valence-electron chi connectivity index (χ2n) is 10.0. The zero-order chi connectivity index (χ0) is 29.5. The summed E-state index contributed by atoms with van der Waals surface area (Å²) in [5.41, 5.74) is 3.78. The molecule has 0 aromatic carbocycles. The third-order valence-electron chi connectivity index (χ3n) is 5.88. The Hall–Kier alpha value is -2.70. The summed E-state index contributed by atoms with van der Waals surface area (Å²) in [4.78, 5) is 31.6. The molecule has 1 N–H and O–H groups in total. The van der Waals surface area contributed by atoms with Crippen molar-refractivity contribution >= 4 is 34.5 Å². The standard InChI is InChI=1S/C29H41N3O6S2/c1-21-7-6-8-28(33)38-26(17-23(3)10-9-22(2)13-15-32(4)5)19-27-30-25(20-39-27)12-11-24(31-40(35)36)18-29(34)37-16-14-21/h6-10,13,17,20,24,26,31H,11-12,14-16,18-19H2,1-5H3,(H,35,36)/p-1/b8-6-,10-9+,21-7+,22-13+,23-17+. The van der Waals surface area contributed by atoms with Gasteiger partial charge in [0.25, 0.3) is 0 Å². The molecular weight excluding hydrogens is 550 g/mol. The number of aryl methyl sites for hydroxylation is 1. The lowest BCUT2D eigenvalue weighted by Gasteiger charge is -2.19. The molecule has 2 heterocycles. The minimum absolute atomic E-state index is 0.0700. The summed E-state index contributed by atoms with van der Waals surface area (Å²) in [5.74, 6) is -0.945. The lowest BCUT2D eigenvalue weighted by atomic mass is 10.1. The Morgan fingerprint density at radius 3 is 2.70 bits per heavy atom. The first-order valence-electron chi connectivity index (χ1n) is 13.2. The molecule has 2 rings (SSSR count). The van der Waals surface area contributed by atoms with Crippen LogP contribution in [0.2, 0.25) is 0 Å². The molecule has 0 radical (unpaired) electrons. The molecule has 0 fully saturated rings. The minimum Gasteiger partial charge on any atom is -0.760 e. The highest BCUT2D eigenvalue weighted by molar-refractivity contribution is 7.77. The average Bonchev–Trinajstić information content (AvgIpc) is 3.31. The number of nitrogens with zero attached hydrogens (tertiary/aromatic N) is 2. The van der Waals surface area contributed by atoms with Crippen molar-refractivity contribution in [2.45, 2.75) is 65.0 Å². The largest absolute Gasteiger partial charge is 0.760 e. The maximum absolute atomic E-state index is 12.6. The minimum atomic E-state index is -2.51. The summed E-state index contributed by atoms with van der Waals surface area (Å²) in [6.07, 6.45) is 14.0. The summed E-state index contributed by atoms with van der Waals surface area (Å²) in [7, 11) is 4.03. The highest BCUT2D eigenvalue weighted by Crippen LogP contribution is 2.18. The predicted molar refractivity (Wildman–Crippen MR) is 158 cm³/mol. The number of hydrogen-bond donors (Lipinski definition) is 1. The van der Waals surface area contributed by atoms with Gasteiger partial charge in [0.2, 0.25) is 0 Å². The van der Waals surface area contributed by atoms with Gasteiger partial charge in [-0.2, -0.15) is 0 Å². The molecule has 1 aromatic heterocycles. The lowest BCUT2D eigenvalue weighted by Crippen LogP contribution is -2.34. The van der Waals surface area contributed by atoms with Crippen LogP contribution in [0.1, 0.15) is 50.7 Å². The van der Waals surface area contributed by atoms with Crippen molar-refractivity contribution in [2.75, 3.05) is 27.2 Å². The van der Waals surface area contributed by atoms with Crippen molar-refractivity contribution in [1.29, 1.82) is 0 Å². The van der Waals surface area contributed by atoms with E-state index in [1.165, 1.54) is 17.4 Å². The molecule has 0 aliphatic carbocycles. The van der Waals surface area contributed by atoms with Gasteiger partial charge in [0.05, 0.1) is 23.7 Å². The Balaban J connectivity index is 2.27. The van der Waals surface area contributed by atoms with E-state index in [2.05, 4.69) is 20.7 Å². The lowest BCUT2D eigenvalue weighted by molar-refractivity contribution is -0.144. The van der Waals surface area contributed by atoms with Crippen molar-refractivity contribution in [3.8, 4) is 0 Å². The molecule has 0 amide bonds. The number of esters is 2. The summed E-state index contributed by atoms with van der Waals surface area (Å²) in [6, 6.07) is -0.598. The number of cyclic esters (lactones) is 2. The van der Waals surface area contributed by atoms with Gasteiger partial charge in [0, 0.05) is 48.2 Å². The summed E-state index contributed by atoms with van der Waals surface area (Å²) in [5, 5.41) is 2.69. The molecule has 11 heteroatoms. The maximum atomic E-state index is 12.6. The van der Waals surface area contributed by atoms with Gasteiger partial charge in [0.15, 0.2) is 0 Å². The van der Waals surface area contributed by atoms with Crippen LogP contribution in [0.5, 0.6) is 0 Å². The number of carbonyl (C=O) groups excluding carboxylic acids is 2. The summed E-state index contributed by atoms with van der Waals surface area (Å²) < 4.78 is 36.0. The van der Waals surface area contributed by atoms with Crippen LogP contribution >= 0.6 is 11.3 Å². The first-order valence-corrected chi connectivity index (χ1v) is 15.1. The maximum Gasteiger partial charge on any atom is 0.331 e. The normalized spacial score (nSPS) is 23.9. The van der Waals surface area contributed by atoms with Crippen LogP contribution in [-0.2, 0) is 43.2 Å². The number of hydrogen-bond acceptors (Lipinski definition) is 9. The zero-order valence-corrected chi connectivity index (χ0v) is 25.5. The molecule has 3 unspecified atom stereocenters. The Morgan fingerprint density at radius 2 is 1.98 bits per heavy atom. The number of fused-ring (bicyclic) bond motifs is 2. The van der Waals surface area contributed by atoms with Crippen molar-refractivity contribution in [3.63, 3.8) is 0 Å². The quantitative estimate of drug-likeness (QED) is 0.286. The fourth-order valence-electron chi connectivity index (χ4n) is 3.68. The smallest absolute Gasteiger partial charge is 0.331 e. The van der Waals surface area contributed by atoms with Crippen LogP contribution in [0.4, 0.5) is 0 Å². The number of thiazole rings is 1. The Bertz CT molecular complexity index is 1170. The number of nitrogens with one attached hydrogen (secondary N) is 1. The van der Waals surface area contributed by atoms with Crippen molar-refractivity contribution in [2.24, 2.45) is 0 Å². The topological polar surface area (TPSA) is 121 Å². The van der Waals surface area contributed by atoms with Gasteiger partial charge in [0.1, 0.15) is 6.10 Å². The highest BCUT2D eigenvalue weighted by Gasteiger charge is 2.18. The number of aromatic nitrogens is 1. The monoisotopic (exact) mass is 590 g/mol. The molecule has 220 valence electrons. The molecule has 9 nitrogen and oxygen atoms in total. The summed E-state index contributed by atoms with van der Waals surface area (Å²) >= 11 is -1.06. The Morgan fingerprint density at radius 1 is 1.23 bits per heavy atom. The third-order valence-corrected chi connectivity index (χ3v) is 7.32. The van der Waals surface area contributed by atoms with Crippen LogP contribution in [0.25, 0.3) is 0 Å². The number of rotatable bonds is 7. The Labute approximate surface area is 244 Å². The zero-order valence-electron chi connectivity index (χ0n) is 23.9. The molecule has 2 bridgehead atoms. The van der Waals surface area contributed by atoms with Gasteiger partial charge >= 0.3 is 11.9 Å². The van der Waals surface area contributed by atoms with E-state index in [-0.39, 0.29) is 13.0 Å². The first-order chi connectivity index (χ1) is 19.0.